The molecule has 5 heteroatoms. The first kappa shape index (κ1) is 14.7. The first-order chi connectivity index (χ1) is 9.99. The van der Waals surface area contributed by atoms with Crippen molar-refractivity contribution < 1.29 is 13.2 Å². The van der Waals surface area contributed by atoms with E-state index in [1.807, 2.05) is 17.9 Å². The first-order valence-electron chi connectivity index (χ1n) is 7.66. The van der Waals surface area contributed by atoms with Gasteiger partial charge in [0, 0.05) is 24.8 Å². The molecule has 0 radical (unpaired) electrons. The second kappa shape index (κ2) is 5.52. The quantitative estimate of drug-likeness (QED) is 0.909. The summed E-state index contributed by atoms with van der Waals surface area (Å²) in [5.41, 5.74) is 0.581. The summed E-state index contributed by atoms with van der Waals surface area (Å²) in [6.45, 7) is 3.95. The van der Waals surface area contributed by atoms with Crippen LogP contribution < -0.4 is 10.2 Å². The second-order valence-corrected chi connectivity index (χ2v) is 6.11. The molecule has 2 aliphatic rings. The van der Waals surface area contributed by atoms with Gasteiger partial charge in [0.2, 0.25) is 0 Å². The largest absolute Gasteiger partial charge is 0.418 e. The van der Waals surface area contributed by atoms with Gasteiger partial charge in [-0.1, -0.05) is 13.0 Å². The molecule has 2 fully saturated rings. The molecule has 2 unspecified atom stereocenters. The predicted molar refractivity (Wildman–Crippen MR) is 77.3 cm³/mol. The molecule has 0 spiro atoms. The highest BCUT2D eigenvalue weighted by Crippen LogP contribution is 2.45. The maximum atomic E-state index is 13.4. The van der Waals surface area contributed by atoms with E-state index in [9.17, 15) is 13.2 Å². The van der Waals surface area contributed by atoms with E-state index in [1.165, 1.54) is 12.5 Å². The van der Waals surface area contributed by atoms with Gasteiger partial charge >= 0.3 is 6.18 Å². The van der Waals surface area contributed by atoms with Crippen molar-refractivity contribution in [2.45, 2.75) is 44.9 Å². The van der Waals surface area contributed by atoms with Crippen LogP contribution in [0.3, 0.4) is 0 Å². The number of halogens is 3. The smallest absolute Gasteiger partial charge is 0.368 e. The first-order valence-corrected chi connectivity index (χ1v) is 7.66. The van der Waals surface area contributed by atoms with E-state index >= 15 is 0 Å². The van der Waals surface area contributed by atoms with E-state index in [-0.39, 0.29) is 0 Å². The summed E-state index contributed by atoms with van der Waals surface area (Å²) in [4.78, 5) is 1.98. The molecule has 1 aromatic rings. The third-order valence-electron chi connectivity index (χ3n) is 4.66. The lowest BCUT2D eigenvalue weighted by Gasteiger charge is -2.31. The monoisotopic (exact) mass is 298 g/mol. The molecule has 1 N–H and O–H groups in total. The van der Waals surface area contributed by atoms with Crippen molar-refractivity contribution in [2.24, 2.45) is 5.92 Å². The van der Waals surface area contributed by atoms with Crippen LogP contribution in [0.15, 0.2) is 18.2 Å². The number of anilines is 1. The summed E-state index contributed by atoms with van der Waals surface area (Å²) in [5.74, 6) is 0.581. The molecular formula is C16H21F3N2. The Hall–Kier alpha value is -1.23. The summed E-state index contributed by atoms with van der Waals surface area (Å²) in [6.07, 6.45) is -1.04. The highest BCUT2D eigenvalue weighted by molar-refractivity contribution is 5.58. The number of fused-ring (bicyclic) bond motifs is 2. The van der Waals surface area contributed by atoms with Gasteiger partial charge in [0.25, 0.3) is 0 Å². The molecule has 1 aliphatic carbocycles. The summed E-state index contributed by atoms with van der Waals surface area (Å²) in [6, 6.07) is 5.09. The Balaban J connectivity index is 1.92. The topological polar surface area (TPSA) is 15.3 Å². The summed E-state index contributed by atoms with van der Waals surface area (Å²) in [5, 5.41) is 3.08. The molecule has 116 valence electrons. The Morgan fingerprint density at radius 1 is 1.29 bits per heavy atom. The van der Waals surface area contributed by atoms with E-state index < -0.39 is 11.7 Å². The van der Waals surface area contributed by atoms with Crippen LogP contribution in [0.2, 0.25) is 0 Å². The molecule has 1 saturated carbocycles. The van der Waals surface area contributed by atoms with E-state index in [1.54, 1.807) is 6.07 Å². The van der Waals surface area contributed by atoms with Crippen molar-refractivity contribution in [3.63, 3.8) is 0 Å². The van der Waals surface area contributed by atoms with Crippen LogP contribution in [0.1, 0.15) is 37.3 Å². The number of nitrogens with zero attached hydrogens (tertiary/aromatic N) is 1. The van der Waals surface area contributed by atoms with Crippen LogP contribution in [-0.2, 0) is 12.7 Å². The lowest BCUT2D eigenvalue weighted by Crippen LogP contribution is -2.33. The Morgan fingerprint density at radius 3 is 2.67 bits per heavy atom. The number of hydrogen-bond acceptors (Lipinski definition) is 2. The summed E-state index contributed by atoms with van der Waals surface area (Å²) in [7, 11) is 0. The minimum atomic E-state index is -4.29. The third kappa shape index (κ3) is 2.89. The molecule has 2 atom stereocenters. The minimum Gasteiger partial charge on any atom is -0.368 e. The molecule has 2 bridgehead atoms. The lowest BCUT2D eigenvalue weighted by molar-refractivity contribution is -0.137. The normalized spacial score (nSPS) is 24.9. The average molecular weight is 298 g/mol. The highest BCUT2D eigenvalue weighted by Gasteiger charge is 2.42. The number of nitrogens with one attached hydrogen (secondary N) is 1. The van der Waals surface area contributed by atoms with Crippen molar-refractivity contribution in [3.05, 3.63) is 29.3 Å². The van der Waals surface area contributed by atoms with Gasteiger partial charge in [0.05, 0.1) is 5.56 Å². The maximum absolute atomic E-state index is 13.4. The van der Waals surface area contributed by atoms with Crippen molar-refractivity contribution in [1.29, 1.82) is 0 Å². The van der Waals surface area contributed by atoms with Crippen LogP contribution >= 0.6 is 0 Å². The van der Waals surface area contributed by atoms with Crippen LogP contribution in [0.4, 0.5) is 18.9 Å². The van der Waals surface area contributed by atoms with Gasteiger partial charge in [0.1, 0.15) is 0 Å². The zero-order valence-electron chi connectivity index (χ0n) is 12.2. The molecule has 1 aromatic carbocycles. The van der Waals surface area contributed by atoms with Gasteiger partial charge in [-0.15, -0.1) is 0 Å². The molecule has 3 rings (SSSR count). The Bertz CT molecular complexity index is 513. The molecule has 0 aromatic heterocycles. The van der Waals surface area contributed by atoms with Crippen LogP contribution in [-0.4, -0.2) is 19.1 Å². The van der Waals surface area contributed by atoms with Gasteiger partial charge in [-0.2, -0.15) is 13.2 Å². The van der Waals surface area contributed by atoms with E-state index in [0.717, 1.165) is 25.9 Å². The second-order valence-electron chi connectivity index (χ2n) is 6.11. The van der Waals surface area contributed by atoms with Crippen molar-refractivity contribution in [1.82, 2.24) is 5.32 Å². The minimum absolute atomic E-state index is 0.302. The zero-order valence-corrected chi connectivity index (χ0v) is 12.2. The van der Waals surface area contributed by atoms with Crippen LogP contribution in [0.5, 0.6) is 0 Å². The average Bonchev–Trinajstić information content (AvgIpc) is 3.06. The number of rotatable bonds is 4. The molecule has 1 heterocycles. The van der Waals surface area contributed by atoms with Gasteiger partial charge < -0.3 is 10.2 Å². The molecule has 2 nitrogen and oxygen atoms in total. The molecule has 21 heavy (non-hydrogen) atoms. The van der Waals surface area contributed by atoms with Crippen LogP contribution in [0, 0.1) is 5.92 Å². The number of alkyl halides is 3. The molecule has 0 amide bonds. The summed E-state index contributed by atoms with van der Waals surface area (Å²) < 4.78 is 40.2. The number of hydrogen-bond donors (Lipinski definition) is 1. The summed E-state index contributed by atoms with van der Waals surface area (Å²) >= 11 is 0. The van der Waals surface area contributed by atoms with Gasteiger partial charge in [0.15, 0.2) is 0 Å². The fourth-order valence-electron chi connectivity index (χ4n) is 3.66. The van der Waals surface area contributed by atoms with Crippen molar-refractivity contribution in [2.75, 3.05) is 18.0 Å². The fraction of sp³-hybridized carbons (Fsp3) is 0.625. The van der Waals surface area contributed by atoms with E-state index in [0.29, 0.717) is 29.8 Å². The Morgan fingerprint density at radius 2 is 2.10 bits per heavy atom. The third-order valence-corrected chi connectivity index (χ3v) is 4.66. The standard InChI is InChI=1S/C16H21F3N2/c1-2-20-9-11-4-6-15(14(8-11)16(17,18)19)21-10-12-3-5-13(21)7-12/h4,6,8,12-13,20H,2-3,5,7,9-10H2,1H3. The molecule has 1 saturated heterocycles. The zero-order chi connectivity index (χ0) is 15.0. The van der Waals surface area contributed by atoms with Crippen molar-refractivity contribution in [3.8, 4) is 0 Å². The Labute approximate surface area is 123 Å². The SMILES string of the molecule is CCNCc1ccc(N2CC3CCC2C3)c(C(F)(F)F)c1. The number of piperidine rings is 1. The van der Waals surface area contributed by atoms with Gasteiger partial charge in [-0.05, 0) is 49.4 Å². The van der Waals surface area contributed by atoms with Crippen molar-refractivity contribution >= 4 is 5.69 Å². The molecular weight excluding hydrogens is 277 g/mol. The molecule has 1 aliphatic heterocycles. The lowest BCUT2D eigenvalue weighted by atomic mass is 10.0. The van der Waals surface area contributed by atoms with Gasteiger partial charge in [-0.25, -0.2) is 0 Å². The van der Waals surface area contributed by atoms with E-state index in [2.05, 4.69) is 5.32 Å². The predicted octanol–water partition coefficient (Wildman–Crippen LogP) is 3.80. The van der Waals surface area contributed by atoms with Crippen LogP contribution in [0.25, 0.3) is 0 Å². The fourth-order valence-corrected chi connectivity index (χ4v) is 3.66. The highest BCUT2D eigenvalue weighted by atomic mass is 19.4. The maximum Gasteiger partial charge on any atom is 0.418 e. The Kier molecular flexibility index (Phi) is 3.86. The number of benzene rings is 1. The van der Waals surface area contributed by atoms with E-state index in [4.69, 9.17) is 0 Å². The van der Waals surface area contributed by atoms with Gasteiger partial charge in [-0.3, -0.25) is 0 Å².